The first-order valence-electron chi connectivity index (χ1n) is 5.02. The molecule has 2 rings (SSSR count). The lowest BCUT2D eigenvalue weighted by Crippen LogP contribution is -1.99. The van der Waals surface area contributed by atoms with Crippen molar-refractivity contribution in [3.8, 4) is 5.75 Å². The molecule has 80 valence electrons. The minimum Gasteiger partial charge on any atom is -0.490 e. The zero-order valence-electron chi connectivity index (χ0n) is 8.40. The summed E-state index contributed by atoms with van der Waals surface area (Å²) in [5, 5.41) is 1.03. The van der Waals surface area contributed by atoms with Gasteiger partial charge < -0.3 is 9.14 Å². The Balaban J connectivity index is 2.04. The van der Waals surface area contributed by atoms with Crippen LogP contribution in [-0.2, 0) is 0 Å². The van der Waals surface area contributed by atoms with Crippen molar-refractivity contribution in [2.45, 2.75) is 12.8 Å². The summed E-state index contributed by atoms with van der Waals surface area (Å²) >= 11 is 3.40. The van der Waals surface area contributed by atoms with E-state index in [0.29, 0.717) is 0 Å². The summed E-state index contributed by atoms with van der Waals surface area (Å²) in [6.45, 7) is 0.748. The van der Waals surface area contributed by atoms with Crippen molar-refractivity contribution in [2.75, 3.05) is 11.9 Å². The molecule has 0 saturated heterocycles. The van der Waals surface area contributed by atoms with Gasteiger partial charge in [-0.15, -0.1) is 0 Å². The van der Waals surface area contributed by atoms with Crippen molar-refractivity contribution in [1.82, 2.24) is 9.38 Å². The standard InChI is InChI=1S/C11H13BrN2O/c12-5-1-2-9-15-10-4-3-7-14-8-6-13-11(10)14/h3-4,6-8H,1-2,5,9H2. The van der Waals surface area contributed by atoms with E-state index in [1.54, 1.807) is 6.20 Å². The number of aromatic nitrogens is 2. The lowest BCUT2D eigenvalue weighted by atomic mass is 10.3. The Kier molecular flexibility index (Phi) is 3.61. The summed E-state index contributed by atoms with van der Waals surface area (Å²) in [7, 11) is 0. The monoisotopic (exact) mass is 268 g/mol. The van der Waals surface area contributed by atoms with Crippen molar-refractivity contribution in [3.63, 3.8) is 0 Å². The predicted molar refractivity (Wildman–Crippen MR) is 63.7 cm³/mol. The first kappa shape index (κ1) is 10.5. The number of halogens is 1. The molecule has 0 amide bonds. The molecule has 2 heterocycles. The molecule has 0 unspecified atom stereocenters. The molecule has 0 aromatic carbocycles. The molecule has 15 heavy (non-hydrogen) atoms. The first-order chi connectivity index (χ1) is 7.42. The van der Waals surface area contributed by atoms with Gasteiger partial charge in [0, 0.05) is 23.9 Å². The smallest absolute Gasteiger partial charge is 0.179 e. The highest BCUT2D eigenvalue weighted by molar-refractivity contribution is 9.09. The molecule has 3 nitrogen and oxygen atoms in total. The van der Waals surface area contributed by atoms with E-state index in [0.717, 1.165) is 36.2 Å². The third kappa shape index (κ3) is 2.50. The molecule has 0 aliphatic heterocycles. The molecular formula is C11H13BrN2O. The summed E-state index contributed by atoms with van der Waals surface area (Å²) in [4.78, 5) is 4.25. The molecule has 0 bridgehead atoms. The van der Waals surface area contributed by atoms with Crippen LogP contribution in [0.2, 0.25) is 0 Å². The second-order valence-electron chi connectivity index (χ2n) is 3.28. The molecule has 0 radical (unpaired) electrons. The highest BCUT2D eigenvalue weighted by Gasteiger charge is 2.01. The van der Waals surface area contributed by atoms with Crippen LogP contribution in [0.1, 0.15) is 12.8 Å². The van der Waals surface area contributed by atoms with Crippen LogP contribution in [-0.4, -0.2) is 21.3 Å². The largest absolute Gasteiger partial charge is 0.490 e. The lowest BCUT2D eigenvalue weighted by Gasteiger charge is -2.06. The molecule has 0 N–H and O–H groups in total. The number of nitrogens with zero attached hydrogens (tertiary/aromatic N) is 2. The van der Waals surface area contributed by atoms with Crippen LogP contribution < -0.4 is 4.74 Å². The molecule has 0 saturated carbocycles. The predicted octanol–water partition coefficient (Wildman–Crippen LogP) is 2.89. The second kappa shape index (κ2) is 5.16. The maximum absolute atomic E-state index is 5.68. The third-order valence-electron chi connectivity index (χ3n) is 2.17. The minimum absolute atomic E-state index is 0.748. The van der Waals surface area contributed by atoms with Crippen LogP contribution in [0.5, 0.6) is 5.75 Å². The van der Waals surface area contributed by atoms with Crippen LogP contribution >= 0.6 is 15.9 Å². The topological polar surface area (TPSA) is 26.5 Å². The van der Waals surface area contributed by atoms with Crippen molar-refractivity contribution < 1.29 is 4.74 Å². The molecule has 2 aromatic heterocycles. The van der Waals surface area contributed by atoms with Gasteiger partial charge in [-0.05, 0) is 25.0 Å². The quantitative estimate of drug-likeness (QED) is 0.616. The van der Waals surface area contributed by atoms with Crippen molar-refractivity contribution in [3.05, 3.63) is 30.7 Å². The average Bonchev–Trinajstić information content (AvgIpc) is 2.73. The summed E-state index contributed by atoms with van der Waals surface area (Å²) in [5.74, 6) is 0.858. The van der Waals surface area contributed by atoms with Crippen molar-refractivity contribution in [2.24, 2.45) is 0 Å². The molecular weight excluding hydrogens is 256 g/mol. The molecule has 0 aliphatic carbocycles. The number of fused-ring (bicyclic) bond motifs is 1. The molecule has 0 fully saturated rings. The van der Waals surface area contributed by atoms with E-state index in [4.69, 9.17) is 4.74 Å². The SMILES string of the molecule is BrCCCCOc1cccn2ccnc12. The number of hydrogen-bond acceptors (Lipinski definition) is 2. The van der Waals surface area contributed by atoms with E-state index in [-0.39, 0.29) is 0 Å². The number of rotatable bonds is 5. The highest BCUT2D eigenvalue weighted by atomic mass is 79.9. The molecule has 2 aromatic rings. The Hall–Kier alpha value is -1.03. The van der Waals surface area contributed by atoms with Crippen molar-refractivity contribution in [1.29, 1.82) is 0 Å². The van der Waals surface area contributed by atoms with Crippen LogP contribution in [0.25, 0.3) is 5.65 Å². The van der Waals surface area contributed by atoms with Crippen LogP contribution in [0.15, 0.2) is 30.7 Å². The molecule has 4 heteroatoms. The normalized spacial score (nSPS) is 10.7. The zero-order valence-corrected chi connectivity index (χ0v) is 9.98. The van der Waals surface area contributed by atoms with Gasteiger partial charge in [0.15, 0.2) is 11.4 Å². The van der Waals surface area contributed by atoms with E-state index < -0.39 is 0 Å². The lowest BCUT2D eigenvalue weighted by molar-refractivity contribution is 0.312. The Bertz CT molecular complexity index is 427. The Labute approximate surface area is 97.2 Å². The summed E-state index contributed by atoms with van der Waals surface area (Å²) < 4.78 is 7.63. The minimum atomic E-state index is 0.748. The van der Waals surface area contributed by atoms with Gasteiger partial charge in [-0.1, -0.05) is 15.9 Å². The number of imidazole rings is 1. The van der Waals surface area contributed by atoms with E-state index in [2.05, 4.69) is 20.9 Å². The number of hydrogen-bond donors (Lipinski definition) is 0. The Morgan fingerprint density at radius 1 is 1.33 bits per heavy atom. The van der Waals surface area contributed by atoms with E-state index in [1.165, 1.54) is 0 Å². The number of unbranched alkanes of at least 4 members (excludes halogenated alkanes) is 1. The van der Waals surface area contributed by atoms with Gasteiger partial charge in [0.05, 0.1) is 6.61 Å². The molecule has 0 aliphatic rings. The van der Waals surface area contributed by atoms with Crippen LogP contribution in [0.3, 0.4) is 0 Å². The maximum atomic E-state index is 5.68. The summed E-state index contributed by atoms with van der Waals surface area (Å²) in [6, 6.07) is 3.92. The molecule has 0 spiro atoms. The fourth-order valence-electron chi connectivity index (χ4n) is 1.41. The van der Waals surface area contributed by atoms with Gasteiger partial charge in [0.2, 0.25) is 0 Å². The van der Waals surface area contributed by atoms with Crippen molar-refractivity contribution >= 4 is 21.6 Å². The van der Waals surface area contributed by atoms with Crippen LogP contribution in [0, 0.1) is 0 Å². The fourth-order valence-corrected chi connectivity index (χ4v) is 1.81. The van der Waals surface area contributed by atoms with Gasteiger partial charge in [-0.2, -0.15) is 0 Å². The number of ether oxygens (including phenoxy) is 1. The summed E-state index contributed by atoms with van der Waals surface area (Å²) in [6.07, 6.45) is 7.86. The number of pyridine rings is 1. The van der Waals surface area contributed by atoms with E-state index in [1.807, 2.05) is 28.9 Å². The van der Waals surface area contributed by atoms with Gasteiger partial charge in [-0.25, -0.2) is 4.98 Å². The Morgan fingerprint density at radius 2 is 2.27 bits per heavy atom. The van der Waals surface area contributed by atoms with E-state index >= 15 is 0 Å². The third-order valence-corrected chi connectivity index (χ3v) is 2.73. The highest BCUT2D eigenvalue weighted by Crippen LogP contribution is 2.17. The maximum Gasteiger partial charge on any atom is 0.179 e. The van der Waals surface area contributed by atoms with Gasteiger partial charge in [-0.3, -0.25) is 0 Å². The average molecular weight is 269 g/mol. The Morgan fingerprint density at radius 3 is 3.13 bits per heavy atom. The number of alkyl halides is 1. The fraction of sp³-hybridized carbons (Fsp3) is 0.364. The molecule has 0 atom stereocenters. The zero-order chi connectivity index (χ0) is 10.5. The van der Waals surface area contributed by atoms with E-state index in [9.17, 15) is 0 Å². The summed E-state index contributed by atoms with van der Waals surface area (Å²) in [5.41, 5.74) is 0.886. The van der Waals surface area contributed by atoms with Gasteiger partial charge in [0.1, 0.15) is 0 Å². The first-order valence-corrected chi connectivity index (χ1v) is 6.14. The van der Waals surface area contributed by atoms with Gasteiger partial charge in [0.25, 0.3) is 0 Å². The second-order valence-corrected chi connectivity index (χ2v) is 4.07. The van der Waals surface area contributed by atoms with Crippen LogP contribution in [0.4, 0.5) is 0 Å². The van der Waals surface area contributed by atoms with Gasteiger partial charge >= 0.3 is 0 Å².